The molecule has 0 aliphatic carbocycles. The van der Waals surface area contributed by atoms with Crippen LogP contribution in [0.3, 0.4) is 0 Å². The van der Waals surface area contributed by atoms with E-state index in [0.29, 0.717) is 13.0 Å². The smallest absolute Gasteiger partial charge is 0.344 e. The zero-order valence-electron chi connectivity index (χ0n) is 11.2. The van der Waals surface area contributed by atoms with Gasteiger partial charge in [0.05, 0.1) is 0 Å². The van der Waals surface area contributed by atoms with E-state index in [1.807, 2.05) is 6.92 Å². The number of nitrogens with one attached hydrogen (secondary N) is 1. The summed E-state index contributed by atoms with van der Waals surface area (Å²) in [6.45, 7) is 2.26. The molecule has 0 saturated heterocycles. The Morgan fingerprint density at radius 3 is 1.68 bits per heavy atom. The van der Waals surface area contributed by atoms with E-state index in [-0.39, 0.29) is 5.69 Å². The first-order valence-electron chi connectivity index (χ1n) is 5.99. The maximum atomic E-state index is 12.8. The Kier molecular flexibility index (Phi) is 6.61. The molecule has 0 bridgehead atoms. The van der Waals surface area contributed by atoms with Crippen LogP contribution >= 0.6 is 0 Å². The van der Waals surface area contributed by atoms with Gasteiger partial charge in [0.15, 0.2) is 0 Å². The molecular weight excluding hydrogens is 316 g/mol. The van der Waals surface area contributed by atoms with Gasteiger partial charge >= 0.3 is 24.2 Å². The van der Waals surface area contributed by atoms with Gasteiger partial charge in [0.25, 0.3) is 0 Å². The highest BCUT2D eigenvalue weighted by Gasteiger charge is 2.13. The third-order valence-electron chi connectivity index (χ3n) is 2.17. The van der Waals surface area contributed by atoms with E-state index in [1.54, 1.807) is 0 Å². The number of halogens is 6. The van der Waals surface area contributed by atoms with Crippen molar-refractivity contribution in [3.63, 3.8) is 0 Å². The van der Waals surface area contributed by atoms with Gasteiger partial charge in [-0.25, -0.2) is 0 Å². The average molecular weight is 327 g/mol. The molecule has 0 fully saturated rings. The number of rotatable bonds is 7. The highest BCUT2D eigenvalue weighted by Crippen LogP contribution is 2.30. The molecule has 22 heavy (non-hydrogen) atoms. The van der Waals surface area contributed by atoms with E-state index < -0.39 is 35.7 Å². The zero-order valence-corrected chi connectivity index (χ0v) is 11.2. The van der Waals surface area contributed by atoms with Crippen molar-refractivity contribution in [1.82, 2.24) is 0 Å². The SMILES string of the molecule is CCCNc1cc(OC(F)=C(F)F)cc(OC(F)=C(F)F)c1. The van der Waals surface area contributed by atoms with Gasteiger partial charge in [-0.05, 0) is 6.42 Å². The number of benzene rings is 1. The van der Waals surface area contributed by atoms with Crippen LogP contribution in [0, 0.1) is 0 Å². The van der Waals surface area contributed by atoms with Crippen LogP contribution in [0.4, 0.5) is 32.0 Å². The third-order valence-corrected chi connectivity index (χ3v) is 2.17. The van der Waals surface area contributed by atoms with Crippen molar-refractivity contribution >= 4 is 5.69 Å². The van der Waals surface area contributed by atoms with Gasteiger partial charge in [-0.2, -0.15) is 26.3 Å². The highest BCUT2D eigenvalue weighted by molar-refractivity contribution is 5.54. The van der Waals surface area contributed by atoms with Crippen LogP contribution in [-0.2, 0) is 0 Å². The molecule has 0 amide bonds. The van der Waals surface area contributed by atoms with Crippen molar-refractivity contribution in [3.8, 4) is 11.5 Å². The molecule has 0 saturated carbocycles. The molecular formula is C13H11F6NO2. The summed E-state index contributed by atoms with van der Waals surface area (Å²) in [6, 6.07) is -1.29. The molecule has 0 aromatic heterocycles. The third kappa shape index (κ3) is 5.58. The molecule has 1 aromatic rings. The summed E-state index contributed by atoms with van der Waals surface area (Å²) in [5.41, 5.74) is 0.188. The monoisotopic (exact) mass is 327 g/mol. The van der Waals surface area contributed by atoms with Crippen LogP contribution < -0.4 is 14.8 Å². The second-order valence-corrected chi connectivity index (χ2v) is 3.89. The molecule has 0 spiro atoms. The topological polar surface area (TPSA) is 30.5 Å². The van der Waals surface area contributed by atoms with Crippen molar-refractivity contribution < 1.29 is 35.8 Å². The molecule has 1 rings (SSSR count). The van der Waals surface area contributed by atoms with Crippen molar-refractivity contribution in [2.24, 2.45) is 0 Å². The molecule has 0 radical (unpaired) electrons. The van der Waals surface area contributed by atoms with E-state index in [9.17, 15) is 26.3 Å². The molecule has 0 atom stereocenters. The molecule has 0 heterocycles. The van der Waals surface area contributed by atoms with Crippen LogP contribution in [0.2, 0.25) is 0 Å². The minimum Gasteiger partial charge on any atom is -0.428 e. The van der Waals surface area contributed by atoms with Crippen molar-refractivity contribution in [3.05, 3.63) is 42.4 Å². The Morgan fingerprint density at radius 1 is 0.864 bits per heavy atom. The zero-order chi connectivity index (χ0) is 16.7. The van der Waals surface area contributed by atoms with Gasteiger partial charge in [0.1, 0.15) is 11.5 Å². The molecule has 0 unspecified atom stereocenters. The van der Waals surface area contributed by atoms with E-state index >= 15 is 0 Å². The fourth-order valence-electron chi connectivity index (χ4n) is 1.35. The maximum Gasteiger partial charge on any atom is 0.344 e. The largest absolute Gasteiger partial charge is 0.428 e. The summed E-state index contributed by atoms with van der Waals surface area (Å²) in [7, 11) is 0. The van der Waals surface area contributed by atoms with Crippen LogP contribution in [0.25, 0.3) is 0 Å². The molecule has 0 aliphatic heterocycles. The van der Waals surface area contributed by atoms with Crippen molar-refractivity contribution in [1.29, 1.82) is 0 Å². The molecule has 9 heteroatoms. The van der Waals surface area contributed by atoms with Crippen molar-refractivity contribution in [2.45, 2.75) is 13.3 Å². The van der Waals surface area contributed by atoms with Crippen LogP contribution in [-0.4, -0.2) is 6.54 Å². The minimum absolute atomic E-state index is 0.188. The van der Waals surface area contributed by atoms with E-state index in [2.05, 4.69) is 14.8 Å². The lowest BCUT2D eigenvalue weighted by atomic mass is 10.2. The van der Waals surface area contributed by atoms with Crippen LogP contribution in [0.15, 0.2) is 42.4 Å². The normalized spacial score (nSPS) is 9.95. The maximum absolute atomic E-state index is 12.8. The first kappa shape index (κ1) is 17.7. The molecule has 1 N–H and O–H groups in total. The molecule has 1 aromatic carbocycles. The Hall–Kier alpha value is -2.32. The van der Waals surface area contributed by atoms with Crippen molar-refractivity contribution in [2.75, 3.05) is 11.9 Å². The number of ether oxygens (including phenoxy) is 2. The van der Waals surface area contributed by atoms with E-state index in [0.717, 1.165) is 18.2 Å². The first-order chi connectivity index (χ1) is 10.3. The average Bonchev–Trinajstić information content (AvgIpc) is 2.44. The fourth-order valence-corrected chi connectivity index (χ4v) is 1.35. The Balaban J connectivity index is 3.10. The predicted octanol–water partition coefficient (Wildman–Crippen LogP) is 5.34. The standard InChI is InChI=1S/C13H11F6NO2/c1-2-3-20-7-4-8(21-12(18)10(14)15)6-9(5-7)22-13(19)11(16)17/h4-6,20H,2-3H2,1H3. The molecule has 122 valence electrons. The van der Waals surface area contributed by atoms with Gasteiger partial charge < -0.3 is 14.8 Å². The predicted molar refractivity (Wildman–Crippen MR) is 67.2 cm³/mol. The highest BCUT2D eigenvalue weighted by atomic mass is 19.3. The summed E-state index contributed by atoms with van der Waals surface area (Å²) in [4.78, 5) is 0. The number of hydrogen-bond donors (Lipinski definition) is 1. The van der Waals surface area contributed by atoms with Gasteiger partial charge in [0.2, 0.25) is 0 Å². The summed E-state index contributed by atoms with van der Waals surface area (Å²) in [5, 5.41) is 2.77. The summed E-state index contributed by atoms with van der Waals surface area (Å²) >= 11 is 0. The summed E-state index contributed by atoms with van der Waals surface area (Å²) < 4.78 is 81.9. The molecule has 3 nitrogen and oxygen atoms in total. The van der Waals surface area contributed by atoms with Crippen LogP contribution in [0.1, 0.15) is 13.3 Å². The number of anilines is 1. The summed E-state index contributed by atoms with van der Waals surface area (Å²) in [6.07, 6.45) is -4.72. The lowest BCUT2D eigenvalue weighted by Crippen LogP contribution is -2.01. The minimum atomic E-state index is -2.70. The fraction of sp³-hybridized carbons (Fsp3) is 0.231. The Bertz CT molecular complexity index is 536. The molecule has 0 aliphatic rings. The first-order valence-corrected chi connectivity index (χ1v) is 5.99. The van der Waals surface area contributed by atoms with Gasteiger partial charge in [-0.3, -0.25) is 0 Å². The van der Waals surface area contributed by atoms with Gasteiger partial charge in [-0.15, -0.1) is 0 Å². The van der Waals surface area contributed by atoms with Gasteiger partial charge in [-0.1, -0.05) is 6.92 Å². The van der Waals surface area contributed by atoms with Gasteiger partial charge in [0, 0.05) is 30.4 Å². The lowest BCUT2D eigenvalue weighted by Gasteiger charge is -2.11. The second kappa shape index (κ2) is 8.20. The Morgan fingerprint density at radius 2 is 1.32 bits per heavy atom. The Labute approximate surface area is 121 Å². The van der Waals surface area contributed by atoms with E-state index in [4.69, 9.17) is 0 Å². The summed E-state index contributed by atoms with van der Waals surface area (Å²) in [5.74, 6) is -0.957. The quantitative estimate of drug-likeness (QED) is 0.542. The second-order valence-electron chi connectivity index (χ2n) is 3.89. The van der Waals surface area contributed by atoms with Crippen LogP contribution in [0.5, 0.6) is 11.5 Å². The number of hydrogen-bond acceptors (Lipinski definition) is 3. The lowest BCUT2D eigenvalue weighted by molar-refractivity contribution is 0.233. The van der Waals surface area contributed by atoms with E-state index in [1.165, 1.54) is 0 Å².